The van der Waals surface area contributed by atoms with Gasteiger partial charge in [0.15, 0.2) is 10.9 Å². The third-order valence-electron chi connectivity index (χ3n) is 3.66. The Kier molecular flexibility index (Phi) is 5.70. The first-order valence-corrected chi connectivity index (χ1v) is 8.83. The number of anilines is 1. The Hall–Kier alpha value is -3.36. The molecule has 2 aromatic carbocycles. The van der Waals surface area contributed by atoms with Crippen molar-refractivity contribution in [1.82, 2.24) is 10.5 Å². The number of benzene rings is 2. The van der Waals surface area contributed by atoms with Gasteiger partial charge in [0, 0.05) is 22.1 Å². The van der Waals surface area contributed by atoms with Crippen LogP contribution in [0, 0.1) is 0 Å². The molecule has 0 fully saturated rings. The SMILES string of the molecule is O=C(Cc1csc(NC(=O)c2cccc(C(=O)c3ccccc3)c2)n1)NO. The zero-order chi connectivity index (χ0) is 19.2. The summed E-state index contributed by atoms with van der Waals surface area (Å²) in [6.45, 7) is 0. The van der Waals surface area contributed by atoms with Crippen LogP contribution in [0.15, 0.2) is 60.0 Å². The Morgan fingerprint density at radius 2 is 1.67 bits per heavy atom. The van der Waals surface area contributed by atoms with Crippen LogP contribution in [0.1, 0.15) is 32.0 Å². The molecule has 7 nitrogen and oxygen atoms in total. The maximum atomic E-state index is 12.5. The summed E-state index contributed by atoms with van der Waals surface area (Å²) in [5.74, 6) is -1.17. The minimum atomic E-state index is -0.592. The van der Waals surface area contributed by atoms with Crippen LogP contribution < -0.4 is 10.8 Å². The van der Waals surface area contributed by atoms with Crippen LogP contribution >= 0.6 is 11.3 Å². The highest BCUT2D eigenvalue weighted by Crippen LogP contribution is 2.18. The van der Waals surface area contributed by atoms with Crippen molar-refractivity contribution < 1.29 is 19.6 Å². The van der Waals surface area contributed by atoms with Gasteiger partial charge in [-0.1, -0.05) is 42.5 Å². The topological polar surface area (TPSA) is 108 Å². The lowest BCUT2D eigenvalue weighted by Crippen LogP contribution is -2.20. The lowest BCUT2D eigenvalue weighted by molar-refractivity contribution is -0.128. The van der Waals surface area contributed by atoms with Gasteiger partial charge in [-0.15, -0.1) is 11.3 Å². The first-order chi connectivity index (χ1) is 13.1. The molecular weight excluding hydrogens is 366 g/mol. The Labute approximate surface area is 158 Å². The van der Waals surface area contributed by atoms with Gasteiger partial charge in [0.2, 0.25) is 5.91 Å². The second-order valence-electron chi connectivity index (χ2n) is 5.59. The van der Waals surface area contributed by atoms with E-state index < -0.39 is 11.8 Å². The van der Waals surface area contributed by atoms with Crippen LogP contribution in [-0.4, -0.2) is 27.8 Å². The summed E-state index contributed by atoms with van der Waals surface area (Å²) in [5, 5.41) is 13.1. The van der Waals surface area contributed by atoms with Crippen LogP contribution in [-0.2, 0) is 11.2 Å². The average molecular weight is 381 g/mol. The number of carbonyl (C=O) groups is 3. The average Bonchev–Trinajstić information content (AvgIpc) is 3.14. The highest BCUT2D eigenvalue weighted by Gasteiger charge is 2.14. The normalized spacial score (nSPS) is 10.3. The molecule has 0 aliphatic carbocycles. The molecule has 0 radical (unpaired) electrons. The van der Waals surface area contributed by atoms with Crippen LogP contribution in [0.5, 0.6) is 0 Å². The minimum absolute atomic E-state index is 0.0933. The molecule has 0 atom stereocenters. The van der Waals surface area contributed by atoms with E-state index in [0.29, 0.717) is 27.5 Å². The molecule has 0 aliphatic heterocycles. The first kappa shape index (κ1) is 18.4. The van der Waals surface area contributed by atoms with Crippen molar-refractivity contribution in [2.75, 3.05) is 5.32 Å². The number of amides is 2. The molecule has 2 amide bonds. The van der Waals surface area contributed by atoms with Crippen LogP contribution in [0.3, 0.4) is 0 Å². The summed E-state index contributed by atoms with van der Waals surface area (Å²) >= 11 is 1.16. The number of nitrogens with zero attached hydrogens (tertiary/aromatic N) is 1. The molecule has 0 bridgehead atoms. The molecule has 0 saturated heterocycles. The summed E-state index contributed by atoms with van der Waals surface area (Å²) in [6.07, 6.45) is -0.0933. The number of ketones is 1. The van der Waals surface area contributed by atoms with Crippen molar-refractivity contribution in [1.29, 1.82) is 0 Å². The molecule has 0 spiro atoms. The molecule has 0 aliphatic rings. The maximum Gasteiger partial charge on any atom is 0.257 e. The fraction of sp³-hybridized carbons (Fsp3) is 0.0526. The number of hydroxylamine groups is 1. The number of thiazole rings is 1. The molecule has 1 heterocycles. The third-order valence-corrected chi connectivity index (χ3v) is 4.47. The van der Waals surface area contributed by atoms with Crippen molar-refractivity contribution in [3.05, 3.63) is 82.4 Å². The van der Waals surface area contributed by atoms with E-state index in [1.165, 1.54) is 11.5 Å². The predicted octanol–water partition coefficient (Wildman–Crippen LogP) is 2.67. The summed E-state index contributed by atoms with van der Waals surface area (Å²) in [4.78, 5) is 40.2. The van der Waals surface area contributed by atoms with Gasteiger partial charge in [0.05, 0.1) is 12.1 Å². The van der Waals surface area contributed by atoms with Gasteiger partial charge in [-0.2, -0.15) is 0 Å². The zero-order valence-corrected chi connectivity index (χ0v) is 14.8. The first-order valence-electron chi connectivity index (χ1n) is 7.95. The van der Waals surface area contributed by atoms with E-state index in [4.69, 9.17) is 5.21 Å². The molecule has 27 heavy (non-hydrogen) atoms. The van der Waals surface area contributed by atoms with E-state index in [1.807, 2.05) is 6.07 Å². The predicted molar refractivity (Wildman–Crippen MR) is 100 cm³/mol. The Morgan fingerprint density at radius 1 is 0.963 bits per heavy atom. The minimum Gasteiger partial charge on any atom is -0.298 e. The standard InChI is InChI=1S/C19H15N3O4S/c23-16(22-26)10-15-11-27-19(20-15)21-18(25)14-8-4-7-13(9-14)17(24)12-5-2-1-3-6-12/h1-9,11,26H,10H2,(H,22,23)(H,20,21,25). The third kappa shape index (κ3) is 4.63. The van der Waals surface area contributed by atoms with E-state index in [9.17, 15) is 14.4 Å². The number of hydrogen-bond donors (Lipinski definition) is 3. The lowest BCUT2D eigenvalue weighted by atomic mass is 10.0. The van der Waals surface area contributed by atoms with Crippen molar-refractivity contribution in [2.24, 2.45) is 0 Å². The lowest BCUT2D eigenvalue weighted by Gasteiger charge is -2.05. The van der Waals surface area contributed by atoms with E-state index >= 15 is 0 Å². The van der Waals surface area contributed by atoms with Gasteiger partial charge in [0.1, 0.15) is 0 Å². The van der Waals surface area contributed by atoms with Gasteiger partial charge in [-0.3, -0.25) is 24.9 Å². The number of nitrogens with one attached hydrogen (secondary N) is 2. The Morgan fingerprint density at radius 3 is 2.41 bits per heavy atom. The van der Waals surface area contributed by atoms with Gasteiger partial charge in [0.25, 0.3) is 5.91 Å². The quantitative estimate of drug-likeness (QED) is 0.346. The van der Waals surface area contributed by atoms with Crippen LogP contribution in [0.25, 0.3) is 0 Å². The fourth-order valence-electron chi connectivity index (χ4n) is 2.38. The number of carbonyl (C=O) groups excluding carboxylic acids is 3. The summed E-state index contributed by atoms with van der Waals surface area (Å²) in [7, 11) is 0. The second-order valence-corrected chi connectivity index (χ2v) is 6.44. The van der Waals surface area contributed by atoms with E-state index in [1.54, 1.807) is 47.8 Å². The van der Waals surface area contributed by atoms with Crippen molar-refractivity contribution >= 4 is 34.1 Å². The monoisotopic (exact) mass is 381 g/mol. The van der Waals surface area contributed by atoms with Crippen molar-refractivity contribution in [3.63, 3.8) is 0 Å². The molecule has 136 valence electrons. The fourth-order valence-corrected chi connectivity index (χ4v) is 3.08. The second kappa shape index (κ2) is 8.35. The van der Waals surface area contributed by atoms with E-state index in [2.05, 4.69) is 10.3 Å². The highest BCUT2D eigenvalue weighted by atomic mass is 32.1. The largest absolute Gasteiger partial charge is 0.298 e. The van der Waals surface area contributed by atoms with Gasteiger partial charge in [-0.05, 0) is 12.1 Å². The molecule has 3 N–H and O–H groups in total. The summed E-state index contributed by atoms with van der Waals surface area (Å²) in [5.41, 5.74) is 3.23. The van der Waals surface area contributed by atoms with Crippen LogP contribution in [0.2, 0.25) is 0 Å². The van der Waals surface area contributed by atoms with Gasteiger partial charge < -0.3 is 0 Å². The molecule has 1 aromatic heterocycles. The van der Waals surface area contributed by atoms with Gasteiger partial charge >= 0.3 is 0 Å². The Balaban J connectivity index is 1.72. The smallest absolute Gasteiger partial charge is 0.257 e. The van der Waals surface area contributed by atoms with E-state index in [0.717, 1.165) is 11.3 Å². The zero-order valence-electron chi connectivity index (χ0n) is 14.0. The Bertz CT molecular complexity index is 985. The number of aromatic nitrogens is 1. The molecule has 0 unspecified atom stereocenters. The molecule has 8 heteroatoms. The summed E-state index contributed by atoms with van der Waals surface area (Å²) < 4.78 is 0. The summed E-state index contributed by atoms with van der Waals surface area (Å²) in [6, 6.07) is 15.2. The van der Waals surface area contributed by atoms with Crippen molar-refractivity contribution in [3.8, 4) is 0 Å². The number of hydrogen-bond acceptors (Lipinski definition) is 6. The molecule has 3 aromatic rings. The van der Waals surface area contributed by atoms with Crippen molar-refractivity contribution in [2.45, 2.75) is 6.42 Å². The number of rotatable bonds is 6. The molecule has 3 rings (SSSR count). The van der Waals surface area contributed by atoms with E-state index in [-0.39, 0.29) is 12.2 Å². The maximum absolute atomic E-state index is 12.5. The molecular formula is C19H15N3O4S. The highest BCUT2D eigenvalue weighted by molar-refractivity contribution is 7.14. The molecule has 0 saturated carbocycles. The van der Waals surface area contributed by atoms with Crippen LogP contribution in [0.4, 0.5) is 5.13 Å². The van der Waals surface area contributed by atoms with Gasteiger partial charge in [-0.25, -0.2) is 10.5 Å².